The average molecular weight is 440 g/mol. The standard InChI is InChI=1S/C23H21FN2O4S/c1-15-5-8-19(9-6-15)31(29,30)26-11-3-4-18(26)13-20-16(2)25(14-23(27)28)22-10-7-17(24)12-21(20)22/h3-12H,13-14H2,1-2H3,(H,27,28). The molecule has 0 aliphatic carbocycles. The Kier molecular flexibility index (Phi) is 5.18. The Morgan fingerprint density at radius 1 is 1.06 bits per heavy atom. The van der Waals surface area contributed by atoms with E-state index in [4.69, 9.17) is 0 Å². The van der Waals surface area contributed by atoms with Crippen molar-refractivity contribution in [1.29, 1.82) is 0 Å². The largest absolute Gasteiger partial charge is 0.480 e. The molecule has 0 unspecified atom stereocenters. The molecular weight excluding hydrogens is 419 g/mol. The number of hydrogen-bond donors (Lipinski definition) is 1. The highest BCUT2D eigenvalue weighted by atomic mass is 32.2. The van der Waals surface area contributed by atoms with E-state index in [9.17, 15) is 22.7 Å². The van der Waals surface area contributed by atoms with Crippen molar-refractivity contribution in [2.75, 3.05) is 0 Å². The minimum absolute atomic E-state index is 0.173. The van der Waals surface area contributed by atoms with E-state index < -0.39 is 21.8 Å². The monoisotopic (exact) mass is 440 g/mol. The lowest BCUT2D eigenvalue weighted by Crippen LogP contribution is -2.15. The van der Waals surface area contributed by atoms with Gasteiger partial charge in [-0.15, -0.1) is 0 Å². The van der Waals surface area contributed by atoms with E-state index in [1.165, 1.54) is 22.3 Å². The van der Waals surface area contributed by atoms with Crippen LogP contribution in [0.3, 0.4) is 0 Å². The molecule has 8 heteroatoms. The lowest BCUT2D eigenvalue weighted by molar-refractivity contribution is -0.137. The molecular formula is C23H21FN2O4S. The molecule has 0 bridgehead atoms. The quantitative estimate of drug-likeness (QED) is 0.489. The maximum absolute atomic E-state index is 14.0. The number of aliphatic carboxylic acids is 1. The summed E-state index contributed by atoms with van der Waals surface area (Å²) in [5, 5.41) is 9.86. The molecule has 0 saturated carbocycles. The number of benzene rings is 2. The summed E-state index contributed by atoms with van der Waals surface area (Å²) in [6, 6.07) is 14.1. The molecule has 31 heavy (non-hydrogen) atoms. The number of halogens is 1. The molecule has 160 valence electrons. The highest BCUT2D eigenvalue weighted by Gasteiger charge is 2.22. The van der Waals surface area contributed by atoms with Gasteiger partial charge in [-0.3, -0.25) is 4.79 Å². The van der Waals surface area contributed by atoms with Crippen LogP contribution in [0, 0.1) is 19.7 Å². The first-order valence-corrected chi connectivity index (χ1v) is 11.1. The molecule has 0 atom stereocenters. The molecule has 2 aromatic carbocycles. The second-order valence-corrected chi connectivity index (χ2v) is 9.31. The van der Waals surface area contributed by atoms with Crippen LogP contribution in [0.1, 0.15) is 22.5 Å². The van der Waals surface area contributed by atoms with Gasteiger partial charge in [0.05, 0.1) is 4.90 Å². The van der Waals surface area contributed by atoms with E-state index in [2.05, 4.69) is 0 Å². The van der Waals surface area contributed by atoms with Gasteiger partial charge in [-0.2, -0.15) is 0 Å². The summed E-state index contributed by atoms with van der Waals surface area (Å²) in [5.74, 6) is -1.45. The van der Waals surface area contributed by atoms with Gasteiger partial charge in [0.2, 0.25) is 0 Å². The molecule has 2 heterocycles. The third kappa shape index (κ3) is 3.74. The molecule has 4 aromatic rings. The molecule has 0 radical (unpaired) electrons. The highest BCUT2D eigenvalue weighted by molar-refractivity contribution is 7.90. The van der Waals surface area contributed by atoms with E-state index in [0.717, 1.165) is 5.56 Å². The summed E-state index contributed by atoms with van der Waals surface area (Å²) < 4.78 is 43.2. The van der Waals surface area contributed by atoms with Gasteiger partial charge in [0, 0.05) is 34.9 Å². The smallest absolute Gasteiger partial charge is 0.323 e. The number of hydrogen-bond acceptors (Lipinski definition) is 3. The van der Waals surface area contributed by atoms with Crippen molar-refractivity contribution in [3.63, 3.8) is 0 Å². The minimum atomic E-state index is -3.81. The van der Waals surface area contributed by atoms with Crippen LogP contribution in [-0.2, 0) is 27.8 Å². The van der Waals surface area contributed by atoms with Crippen molar-refractivity contribution in [2.24, 2.45) is 0 Å². The van der Waals surface area contributed by atoms with Crippen LogP contribution < -0.4 is 0 Å². The maximum atomic E-state index is 14.0. The van der Waals surface area contributed by atoms with Crippen LogP contribution in [0.4, 0.5) is 4.39 Å². The summed E-state index contributed by atoms with van der Waals surface area (Å²) in [6.07, 6.45) is 1.69. The zero-order valence-corrected chi connectivity index (χ0v) is 17.9. The Balaban J connectivity index is 1.83. The summed E-state index contributed by atoms with van der Waals surface area (Å²) in [7, 11) is -3.81. The van der Waals surface area contributed by atoms with Gasteiger partial charge < -0.3 is 9.67 Å². The van der Waals surface area contributed by atoms with Gasteiger partial charge in [0.25, 0.3) is 10.0 Å². The van der Waals surface area contributed by atoms with Gasteiger partial charge in [-0.05, 0) is 61.9 Å². The van der Waals surface area contributed by atoms with Gasteiger partial charge >= 0.3 is 5.97 Å². The Morgan fingerprint density at radius 3 is 2.45 bits per heavy atom. The number of aromatic nitrogens is 2. The van der Waals surface area contributed by atoms with Crippen molar-refractivity contribution in [3.05, 3.63) is 89.1 Å². The number of fused-ring (bicyclic) bond motifs is 1. The van der Waals surface area contributed by atoms with E-state index in [1.807, 2.05) is 6.92 Å². The molecule has 0 amide bonds. The fourth-order valence-corrected chi connectivity index (χ4v) is 5.24. The van der Waals surface area contributed by atoms with Crippen LogP contribution in [0.25, 0.3) is 10.9 Å². The Morgan fingerprint density at radius 2 is 1.77 bits per heavy atom. The molecule has 1 N–H and O–H groups in total. The Hall–Kier alpha value is -3.39. The average Bonchev–Trinajstić information content (AvgIpc) is 3.27. The van der Waals surface area contributed by atoms with E-state index in [0.29, 0.717) is 27.9 Å². The van der Waals surface area contributed by atoms with Crippen molar-refractivity contribution < 1.29 is 22.7 Å². The minimum Gasteiger partial charge on any atom is -0.480 e. The van der Waals surface area contributed by atoms with Crippen LogP contribution in [0.2, 0.25) is 0 Å². The Labute approximate surface area is 179 Å². The zero-order valence-electron chi connectivity index (χ0n) is 17.0. The van der Waals surface area contributed by atoms with Gasteiger partial charge in [-0.25, -0.2) is 16.8 Å². The van der Waals surface area contributed by atoms with Crippen molar-refractivity contribution in [2.45, 2.75) is 31.7 Å². The fourth-order valence-electron chi connectivity index (χ4n) is 3.86. The zero-order chi connectivity index (χ0) is 22.3. The van der Waals surface area contributed by atoms with Gasteiger partial charge in [0.15, 0.2) is 0 Å². The molecule has 0 saturated heterocycles. The van der Waals surface area contributed by atoms with Crippen LogP contribution in [0.5, 0.6) is 0 Å². The number of carbonyl (C=O) groups is 1. The third-order valence-electron chi connectivity index (χ3n) is 5.44. The van der Waals surface area contributed by atoms with Crippen LogP contribution >= 0.6 is 0 Å². The fraction of sp³-hybridized carbons (Fsp3) is 0.174. The predicted octanol–water partition coefficient (Wildman–Crippen LogP) is 4.11. The first-order valence-electron chi connectivity index (χ1n) is 9.66. The van der Waals surface area contributed by atoms with E-state index in [-0.39, 0.29) is 17.9 Å². The van der Waals surface area contributed by atoms with Gasteiger partial charge in [0.1, 0.15) is 12.4 Å². The number of rotatable bonds is 6. The summed E-state index contributed by atoms with van der Waals surface area (Å²) >= 11 is 0. The second-order valence-electron chi connectivity index (χ2n) is 7.50. The first-order chi connectivity index (χ1) is 14.7. The normalized spacial score (nSPS) is 11.8. The summed E-state index contributed by atoms with van der Waals surface area (Å²) in [4.78, 5) is 11.5. The summed E-state index contributed by atoms with van der Waals surface area (Å²) in [6.45, 7) is 3.38. The molecule has 2 aromatic heterocycles. The highest BCUT2D eigenvalue weighted by Crippen LogP contribution is 2.30. The number of nitrogens with zero attached hydrogens (tertiary/aromatic N) is 2. The van der Waals surface area contributed by atoms with Crippen molar-refractivity contribution >= 4 is 26.9 Å². The molecule has 4 rings (SSSR count). The van der Waals surface area contributed by atoms with Crippen molar-refractivity contribution in [1.82, 2.24) is 8.54 Å². The molecule has 0 spiro atoms. The maximum Gasteiger partial charge on any atom is 0.323 e. The SMILES string of the molecule is Cc1ccc(S(=O)(=O)n2cccc2Cc2c(C)n(CC(=O)O)c3ccc(F)cc23)cc1. The third-order valence-corrected chi connectivity index (χ3v) is 7.18. The molecule has 6 nitrogen and oxygen atoms in total. The number of aryl methyl sites for hydroxylation is 1. The Bertz CT molecular complexity index is 1400. The summed E-state index contributed by atoms with van der Waals surface area (Å²) in [5.41, 5.74) is 3.40. The van der Waals surface area contributed by atoms with E-state index >= 15 is 0 Å². The molecule has 0 fully saturated rings. The number of carboxylic acid groups (broad SMARTS) is 1. The lowest BCUT2D eigenvalue weighted by atomic mass is 10.1. The predicted molar refractivity (Wildman–Crippen MR) is 115 cm³/mol. The topological polar surface area (TPSA) is 81.3 Å². The first kappa shape index (κ1) is 20.9. The van der Waals surface area contributed by atoms with E-state index in [1.54, 1.807) is 54.0 Å². The molecule has 0 aliphatic heterocycles. The van der Waals surface area contributed by atoms with Gasteiger partial charge in [-0.1, -0.05) is 17.7 Å². The van der Waals surface area contributed by atoms with Crippen LogP contribution in [-0.4, -0.2) is 28.0 Å². The van der Waals surface area contributed by atoms with Crippen LogP contribution in [0.15, 0.2) is 65.7 Å². The van der Waals surface area contributed by atoms with Crippen molar-refractivity contribution in [3.8, 4) is 0 Å². The second kappa shape index (κ2) is 7.70. The number of carboxylic acids is 1. The lowest BCUT2D eigenvalue weighted by Gasteiger charge is -2.12. The molecule has 0 aliphatic rings.